The number of hydrogen-bond acceptors (Lipinski definition) is 2. The fourth-order valence-corrected chi connectivity index (χ4v) is 3.90. The predicted molar refractivity (Wildman–Crippen MR) is 74.3 cm³/mol. The van der Waals surface area contributed by atoms with Crippen LogP contribution in [0.25, 0.3) is 0 Å². The molecule has 2 rings (SSSR count). The van der Waals surface area contributed by atoms with Gasteiger partial charge < -0.3 is 4.90 Å². The fourth-order valence-electron chi connectivity index (χ4n) is 3.12. The Bertz CT molecular complexity index is 287. The summed E-state index contributed by atoms with van der Waals surface area (Å²) in [6, 6.07) is 0. The van der Waals surface area contributed by atoms with Gasteiger partial charge in [0.25, 0.3) is 0 Å². The van der Waals surface area contributed by atoms with Gasteiger partial charge in [-0.1, -0.05) is 20.8 Å². The van der Waals surface area contributed by atoms with Crippen LogP contribution >= 0.6 is 12.6 Å². The van der Waals surface area contributed by atoms with E-state index >= 15 is 0 Å². The molecule has 2 fully saturated rings. The van der Waals surface area contributed by atoms with E-state index in [1.54, 1.807) is 0 Å². The lowest BCUT2D eigenvalue weighted by Gasteiger charge is -2.51. The molecule has 0 aromatic heterocycles. The Morgan fingerprint density at radius 2 is 1.76 bits per heavy atom. The van der Waals surface area contributed by atoms with E-state index in [2.05, 4.69) is 38.3 Å². The maximum atomic E-state index is 12.2. The maximum Gasteiger partial charge on any atom is 0.225 e. The Balaban J connectivity index is 1.85. The molecule has 2 nitrogen and oxygen atoms in total. The van der Waals surface area contributed by atoms with Gasteiger partial charge in [0.05, 0.1) is 0 Å². The minimum absolute atomic E-state index is 0.170. The van der Waals surface area contributed by atoms with Gasteiger partial charge in [0.1, 0.15) is 0 Å². The molecule has 0 bridgehead atoms. The standard InChI is InChI=1S/C14H25NOS/c1-10(2)11(3)13(16)15-6-4-14(5-7-15)8-12(17)9-14/h10-12,17H,4-9H2,1-3H3/t11-/m0/s1. The smallest absolute Gasteiger partial charge is 0.225 e. The van der Waals surface area contributed by atoms with Gasteiger partial charge in [0.2, 0.25) is 5.91 Å². The van der Waals surface area contributed by atoms with Crippen molar-refractivity contribution in [3.63, 3.8) is 0 Å². The minimum Gasteiger partial charge on any atom is -0.342 e. The molecule has 1 saturated carbocycles. The zero-order valence-electron chi connectivity index (χ0n) is 11.3. The molecule has 1 amide bonds. The van der Waals surface area contributed by atoms with Gasteiger partial charge in [-0.25, -0.2) is 0 Å². The fraction of sp³-hybridized carbons (Fsp3) is 0.929. The lowest BCUT2D eigenvalue weighted by molar-refractivity contribution is -0.139. The van der Waals surface area contributed by atoms with Crippen molar-refractivity contribution in [2.24, 2.45) is 17.3 Å². The Kier molecular flexibility index (Phi) is 3.77. The third-order valence-corrected chi connectivity index (χ3v) is 5.23. The summed E-state index contributed by atoms with van der Waals surface area (Å²) < 4.78 is 0. The van der Waals surface area contributed by atoms with Crippen LogP contribution in [0.3, 0.4) is 0 Å². The van der Waals surface area contributed by atoms with E-state index in [9.17, 15) is 4.79 Å². The number of hydrogen-bond donors (Lipinski definition) is 1. The number of carbonyl (C=O) groups excluding carboxylic acids is 1. The summed E-state index contributed by atoms with van der Waals surface area (Å²) in [7, 11) is 0. The van der Waals surface area contributed by atoms with E-state index in [0.717, 1.165) is 13.1 Å². The Hall–Kier alpha value is -0.180. The number of likely N-dealkylation sites (tertiary alicyclic amines) is 1. The Morgan fingerprint density at radius 3 is 2.18 bits per heavy atom. The van der Waals surface area contributed by atoms with Crippen molar-refractivity contribution in [2.75, 3.05) is 13.1 Å². The van der Waals surface area contributed by atoms with Crippen LogP contribution in [0.5, 0.6) is 0 Å². The number of carbonyl (C=O) groups is 1. The van der Waals surface area contributed by atoms with Gasteiger partial charge in [0.15, 0.2) is 0 Å². The van der Waals surface area contributed by atoms with E-state index in [-0.39, 0.29) is 5.92 Å². The van der Waals surface area contributed by atoms with Crippen molar-refractivity contribution in [3.8, 4) is 0 Å². The summed E-state index contributed by atoms with van der Waals surface area (Å²) in [6.07, 6.45) is 4.91. The topological polar surface area (TPSA) is 20.3 Å². The molecule has 17 heavy (non-hydrogen) atoms. The molecular formula is C14H25NOS. The molecule has 0 radical (unpaired) electrons. The molecule has 0 aromatic rings. The number of amides is 1. The summed E-state index contributed by atoms with van der Waals surface area (Å²) in [5, 5.41) is 0.617. The van der Waals surface area contributed by atoms with Gasteiger partial charge in [-0.3, -0.25) is 4.79 Å². The molecular weight excluding hydrogens is 230 g/mol. The average Bonchev–Trinajstić information content (AvgIpc) is 2.26. The van der Waals surface area contributed by atoms with Crippen LogP contribution < -0.4 is 0 Å². The average molecular weight is 255 g/mol. The highest BCUT2D eigenvalue weighted by molar-refractivity contribution is 7.81. The molecule has 0 unspecified atom stereocenters. The van der Waals surface area contributed by atoms with E-state index in [1.807, 2.05) is 0 Å². The molecule has 98 valence electrons. The predicted octanol–water partition coefficient (Wildman–Crippen LogP) is 2.98. The number of piperidine rings is 1. The maximum absolute atomic E-state index is 12.2. The first kappa shape index (κ1) is 13.3. The van der Waals surface area contributed by atoms with Gasteiger partial charge >= 0.3 is 0 Å². The van der Waals surface area contributed by atoms with Crippen LogP contribution in [0, 0.1) is 17.3 Å². The van der Waals surface area contributed by atoms with Crippen molar-refractivity contribution in [2.45, 2.75) is 51.7 Å². The van der Waals surface area contributed by atoms with Crippen molar-refractivity contribution in [1.82, 2.24) is 4.90 Å². The lowest BCUT2D eigenvalue weighted by Crippen LogP contribution is -2.50. The molecule has 3 heteroatoms. The van der Waals surface area contributed by atoms with Gasteiger partial charge in [-0.2, -0.15) is 12.6 Å². The van der Waals surface area contributed by atoms with Gasteiger partial charge in [-0.05, 0) is 37.0 Å². The summed E-state index contributed by atoms with van der Waals surface area (Å²) in [4.78, 5) is 14.3. The second-order valence-corrected chi connectivity index (χ2v) is 7.15. The Labute approximate surface area is 111 Å². The molecule has 2 aliphatic rings. The van der Waals surface area contributed by atoms with E-state index in [4.69, 9.17) is 0 Å². The molecule has 1 aliphatic heterocycles. The first-order valence-corrected chi connectivity index (χ1v) is 7.42. The van der Waals surface area contributed by atoms with Gasteiger partial charge in [-0.15, -0.1) is 0 Å². The highest BCUT2D eigenvalue weighted by atomic mass is 32.1. The van der Waals surface area contributed by atoms with Crippen LogP contribution in [-0.4, -0.2) is 29.1 Å². The van der Waals surface area contributed by atoms with Gasteiger partial charge in [0, 0.05) is 24.3 Å². The zero-order valence-corrected chi connectivity index (χ0v) is 12.2. The summed E-state index contributed by atoms with van der Waals surface area (Å²) >= 11 is 4.51. The third kappa shape index (κ3) is 2.64. The van der Waals surface area contributed by atoms with Crippen molar-refractivity contribution in [1.29, 1.82) is 0 Å². The van der Waals surface area contributed by atoms with E-state index < -0.39 is 0 Å². The zero-order chi connectivity index (χ0) is 12.6. The molecule has 1 spiro atoms. The summed E-state index contributed by atoms with van der Waals surface area (Å²) in [5.74, 6) is 0.976. The molecule has 0 N–H and O–H groups in total. The number of thiol groups is 1. The van der Waals surface area contributed by atoms with E-state index in [0.29, 0.717) is 22.5 Å². The highest BCUT2D eigenvalue weighted by Crippen LogP contribution is 2.51. The number of nitrogens with zero attached hydrogens (tertiary/aromatic N) is 1. The summed E-state index contributed by atoms with van der Waals surface area (Å²) in [6.45, 7) is 8.26. The summed E-state index contributed by atoms with van der Waals surface area (Å²) in [5.41, 5.74) is 0.546. The van der Waals surface area contributed by atoms with Crippen molar-refractivity contribution >= 4 is 18.5 Å². The first-order chi connectivity index (χ1) is 7.93. The molecule has 1 heterocycles. The Morgan fingerprint density at radius 1 is 1.24 bits per heavy atom. The van der Waals surface area contributed by atoms with Crippen molar-refractivity contribution in [3.05, 3.63) is 0 Å². The normalized spacial score (nSPS) is 26.1. The molecule has 1 saturated heterocycles. The second kappa shape index (κ2) is 4.83. The van der Waals surface area contributed by atoms with Crippen LogP contribution in [0.2, 0.25) is 0 Å². The molecule has 0 aromatic carbocycles. The van der Waals surface area contributed by atoms with E-state index in [1.165, 1.54) is 25.7 Å². The van der Waals surface area contributed by atoms with Crippen molar-refractivity contribution < 1.29 is 4.79 Å². The largest absolute Gasteiger partial charge is 0.342 e. The quantitative estimate of drug-likeness (QED) is 0.752. The lowest BCUT2D eigenvalue weighted by atomic mass is 9.63. The molecule has 1 aliphatic carbocycles. The third-order valence-electron chi connectivity index (χ3n) is 4.86. The van der Waals surface area contributed by atoms with Crippen LogP contribution in [0.4, 0.5) is 0 Å². The number of rotatable bonds is 2. The second-order valence-electron chi connectivity index (χ2n) is 6.42. The van der Waals surface area contributed by atoms with Crippen LogP contribution in [-0.2, 0) is 4.79 Å². The highest BCUT2D eigenvalue weighted by Gasteiger charge is 2.45. The van der Waals surface area contributed by atoms with Crippen LogP contribution in [0.15, 0.2) is 0 Å². The van der Waals surface area contributed by atoms with Crippen LogP contribution in [0.1, 0.15) is 46.5 Å². The SMILES string of the molecule is CC(C)[C@H](C)C(=O)N1CCC2(CC1)CC(S)C2. The molecule has 1 atom stereocenters. The minimum atomic E-state index is 0.170. The first-order valence-electron chi connectivity index (χ1n) is 6.90. The monoisotopic (exact) mass is 255 g/mol.